The predicted octanol–water partition coefficient (Wildman–Crippen LogP) is 2.91. The zero-order chi connectivity index (χ0) is 20.1. The molecular formula is C20H23ClFNO4S. The number of benzene rings is 2. The molecular weight excluding hydrogens is 405 g/mol. The van der Waals surface area contributed by atoms with Crippen molar-refractivity contribution in [3.63, 3.8) is 0 Å². The van der Waals surface area contributed by atoms with Crippen LogP contribution in [0.15, 0.2) is 48.5 Å². The Balaban J connectivity index is 1.64. The van der Waals surface area contributed by atoms with Gasteiger partial charge in [-0.25, -0.2) is 12.8 Å². The second-order valence-corrected chi connectivity index (χ2v) is 9.70. The molecule has 0 aliphatic carbocycles. The fourth-order valence-corrected chi connectivity index (χ4v) is 5.21. The van der Waals surface area contributed by atoms with E-state index in [0.29, 0.717) is 23.7 Å². The standard InChI is InChI=1S/C20H23ClFNO4S/c21-16-4-6-20(7-5-16)27-13-19(24)12-23(18-8-9-28(25,26)14-18)11-15-2-1-3-17(22)10-15/h1-7,10,18-19,24H,8-9,11-14H2/t18-,19-/m1/s1. The van der Waals surface area contributed by atoms with Gasteiger partial charge in [-0.05, 0) is 48.4 Å². The minimum absolute atomic E-state index is 0.0487. The monoisotopic (exact) mass is 427 g/mol. The average Bonchev–Trinajstić information content (AvgIpc) is 3.01. The Hall–Kier alpha value is -1.67. The van der Waals surface area contributed by atoms with Gasteiger partial charge in [0.15, 0.2) is 9.84 Å². The van der Waals surface area contributed by atoms with E-state index in [-0.39, 0.29) is 36.5 Å². The number of nitrogens with zero attached hydrogens (tertiary/aromatic N) is 1. The Labute approximate surface area is 169 Å². The topological polar surface area (TPSA) is 66.8 Å². The number of halogens is 2. The molecule has 1 aliphatic rings. The van der Waals surface area contributed by atoms with Crippen molar-refractivity contribution in [3.8, 4) is 5.75 Å². The first-order chi connectivity index (χ1) is 13.3. The lowest BCUT2D eigenvalue weighted by atomic mass is 10.1. The maximum absolute atomic E-state index is 13.5. The van der Waals surface area contributed by atoms with Crippen LogP contribution in [-0.4, -0.2) is 55.2 Å². The minimum Gasteiger partial charge on any atom is -0.491 e. The average molecular weight is 428 g/mol. The van der Waals surface area contributed by atoms with Crippen molar-refractivity contribution in [1.82, 2.24) is 4.90 Å². The summed E-state index contributed by atoms with van der Waals surface area (Å²) in [5, 5.41) is 11.0. The summed E-state index contributed by atoms with van der Waals surface area (Å²) in [6.07, 6.45) is -0.324. The summed E-state index contributed by atoms with van der Waals surface area (Å²) in [5.41, 5.74) is 0.732. The largest absolute Gasteiger partial charge is 0.491 e. The molecule has 1 heterocycles. The van der Waals surface area contributed by atoms with E-state index in [1.807, 2.05) is 4.90 Å². The highest BCUT2D eigenvalue weighted by Gasteiger charge is 2.33. The molecule has 3 rings (SSSR count). The van der Waals surface area contributed by atoms with Gasteiger partial charge in [-0.15, -0.1) is 0 Å². The fraction of sp³-hybridized carbons (Fsp3) is 0.400. The lowest BCUT2D eigenvalue weighted by Gasteiger charge is -2.30. The van der Waals surface area contributed by atoms with Crippen molar-refractivity contribution >= 4 is 21.4 Å². The zero-order valence-corrected chi connectivity index (χ0v) is 16.9. The highest BCUT2D eigenvalue weighted by molar-refractivity contribution is 7.91. The lowest BCUT2D eigenvalue weighted by Crippen LogP contribution is -2.42. The van der Waals surface area contributed by atoms with Gasteiger partial charge in [-0.2, -0.15) is 0 Å². The first-order valence-electron chi connectivity index (χ1n) is 9.06. The summed E-state index contributed by atoms with van der Waals surface area (Å²) in [6, 6.07) is 12.8. The van der Waals surface area contributed by atoms with Crippen LogP contribution in [-0.2, 0) is 16.4 Å². The minimum atomic E-state index is -3.08. The van der Waals surface area contributed by atoms with Crippen molar-refractivity contribution in [2.24, 2.45) is 0 Å². The van der Waals surface area contributed by atoms with Crippen molar-refractivity contribution in [3.05, 3.63) is 64.9 Å². The van der Waals surface area contributed by atoms with Crippen LogP contribution in [0, 0.1) is 5.82 Å². The van der Waals surface area contributed by atoms with E-state index in [2.05, 4.69) is 0 Å². The van der Waals surface area contributed by atoms with Crippen LogP contribution in [0.2, 0.25) is 5.02 Å². The summed E-state index contributed by atoms with van der Waals surface area (Å²) >= 11 is 5.84. The molecule has 1 fully saturated rings. The van der Waals surface area contributed by atoms with Gasteiger partial charge in [0.25, 0.3) is 0 Å². The summed E-state index contributed by atoms with van der Waals surface area (Å²) in [5.74, 6) is 0.425. The fourth-order valence-electron chi connectivity index (χ4n) is 3.32. The normalized spacial score (nSPS) is 19.6. The van der Waals surface area contributed by atoms with E-state index in [0.717, 1.165) is 5.56 Å². The number of hydrogen-bond acceptors (Lipinski definition) is 5. The number of aliphatic hydroxyl groups excluding tert-OH is 1. The Bertz CT molecular complexity index is 891. The van der Waals surface area contributed by atoms with Gasteiger partial charge in [0.2, 0.25) is 0 Å². The molecule has 1 aliphatic heterocycles. The zero-order valence-electron chi connectivity index (χ0n) is 15.3. The molecule has 0 radical (unpaired) electrons. The van der Waals surface area contributed by atoms with Crippen molar-refractivity contribution < 1.29 is 22.7 Å². The number of sulfone groups is 1. The third kappa shape index (κ3) is 6.17. The van der Waals surface area contributed by atoms with Crippen LogP contribution in [0.3, 0.4) is 0 Å². The Morgan fingerprint density at radius 1 is 1.25 bits per heavy atom. The molecule has 28 heavy (non-hydrogen) atoms. The van der Waals surface area contributed by atoms with Crippen LogP contribution < -0.4 is 4.74 Å². The maximum Gasteiger partial charge on any atom is 0.151 e. The lowest BCUT2D eigenvalue weighted by molar-refractivity contribution is 0.0524. The maximum atomic E-state index is 13.5. The molecule has 1 N–H and O–H groups in total. The third-order valence-electron chi connectivity index (χ3n) is 4.70. The highest BCUT2D eigenvalue weighted by Crippen LogP contribution is 2.21. The molecule has 0 amide bonds. The molecule has 0 spiro atoms. The van der Waals surface area contributed by atoms with Gasteiger partial charge in [0, 0.05) is 24.2 Å². The molecule has 2 aromatic carbocycles. The van der Waals surface area contributed by atoms with E-state index in [1.165, 1.54) is 12.1 Å². The number of hydrogen-bond donors (Lipinski definition) is 1. The molecule has 0 aromatic heterocycles. The molecule has 152 valence electrons. The molecule has 8 heteroatoms. The first-order valence-corrected chi connectivity index (χ1v) is 11.3. The number of aliphatic hydroxyl groups is 1. The number of rotatable bonds is 8. The van der Waals surface area contributed by atoms with Crippen molar-refractivity contribution in [1.29, 1.82) is 0 Å². The molecule has 5 nitrogen and oxygen atoms in total. The highest BCUT2D eigenvalue weighted by atomic mass is 35.5. The first kappa shape index (κ1) is 21.0. The summed E-state index contributed by atoms with van der Waals surface area (Å²) in [4.78, 5) is 1.90. The molecule has 2 aromatic rings. The van der Waals surface area contributed by atoms with Gasteiger partial charge in [0.05, 0.1) is 11.5 Å². The smallest absolute Gasteiger partial charge is 0.151 e. The molecule has 0 unspecified atom stereocenters. The van der Waals surface area contributed by atoms with E-state index >= 15 is 0 Å². The van der Waals surface area contributed by atoms with Gasteiger partial charge in [-0.3, -0.25) is 4.90 Å². The van der Waals surface area contributed by atoms with Gasteiger partial charge >= 0.3 is 0 Å². The van der Waals surface area contributed by atoms with Crippen molar-refractivity contribution in [2.75, 3.05) is 24.7 Å². The molecule has 0 saturated carbocycles. The van der Waals surface area contributed by atoms with Crippen LogP contribution in [0.4, 0.5) is 4.39 Å². The quantitative estimate of drug-likeness (QED) is 0.701. The molecule has 2 atom stereocenters. The molecule has 0 bridgehead atoms. The van der Waals surface area contributed by atoms with Gasteiger partial charge < -0.3 is 9.84 Å². The van der Waals surface area contributed by atoms with E-state index in [1.54, 1.807) is 36.4 Å². The van der Waals surface area contributed by atoms with Crippen LogP contribution >= 0.6 is 11.6 Å². The van der Waals surface area contributed by atoms with E-state index in [9.17, 15) is 17.9 Å². The second kappa shape index (κ2) is 9.22. The predicted molar refractivity (Wildman–Crippen MR) is 107 cm³/mol. The summed E-state index contributed by atoms with van der Waals surface area (Å²) in [6.45, 7) is 0.640. The van der Waals surface area contributed by atoms with E-state index in [4.69, 9.17) is 16.3 Å². The van der Waals surface area contributed by atoms with Crippen LogP contribution in [0.1, 0.15) is 12.0 Å². The van der Waals surface area contributed by atoms with Crippen LogP contribution in [0.5, 0.6) is 5.75 Å². The summed E-state index contributed by atoms with van der Waals surface area (Å²) < 4.78 is 42.9. The van der Waals surface area contributed by atoms with Gasteiger partial charge in [0.1, 0.15) is 24.3 Å². The third-order valence-corrected chi connectivity index (χ3v) is 6.70. The Kier molecular flexibility index (Phi) is 6.93. The summed E-state index contributed by atoms with van der Waals surface area (Å²) in [7, 11) is -3.08. The molecule has 1 saturated heterocycles. The van der Waals surface area contributed by atoms with Crippen molar-refractivity contribution in [2.45, 2.75) is 25.1 Å². The van der Waals surface area contributed by atoms with Gasteiger partial charge in [-0.1, -0.05) is 23.7 Å². The van der Waals surface area contributed by atoms with Crippen LogP contribution in [0.25, 0.3) is 0 Å². The second-order valence-electron chi connectivity index (χ2n) is 7.03. The SMILES string of the molecule is O=S1(=O)CC[C@@H](N(Cc2cccc(F)c2)C[C@@H](O)COc2ccc(Cl)cc2)C1. The van der Waals surface area contributed by atoms with E-state index < -0.39 is 15.9 Å². The Morgan fingerprint density at radius 3 is 2.64 bits per heavy atom. The number of ether oxygens (including phenoxy) is 1. The Morgan fingerprint density at radius 2 is 2.00 bits per heavy atom.